The number of thiophene rings is 1. The summed E-state index contributed by atoms with van der Waals surface area (Å²) < 4.78 is 2.44. The van der Waals surface area contributed by atoms with Crippen LogP contribution in [0.15, 0.2) is 188 Å². The van der Waals surface area contributed by atoms with Crippen LogP contribution < -0.4 is 0 Å². The Labute approximate surface area is 338 Å². The molecule has 0 saturated heterocycles. The van der Waals surface area contributed by atoms with Crippen LogP contribution in [-0.4, -0.2) is 15.0 Å². The first kappa shape index (κ1) is 31.9. The number of hydrogen-bond donors (Lipinski definition) is 0. The molecular weight excluding hydrogens is 723 g/mol. The van der Waals surface area contributed by atoms with Crippen molar-refractivity contribution in [1.29, 1.82) is 0 Å². The maximum Gasteiger partial charge on any atom is 0.165 e. The topological polar surface area (TPSA) is 38.7 Å². The van der Waals surface area contributed by atoms with Crippen molar-refractivity contribution >= 4 is 53.1 Å². The van der Waals surface area contributed by atoms with Gasteiger partial charge in [-0.05, 0) is 84.3 Å². The second kappa shape index (κ2) is 11.9. The van der Waals surface area contributed by atoms with Gasteiger partial charge in [0.25, 0.3) is 0 Å². The molecule has 4 heteroatoms. The standard InChI is InChI=1S/C54H31N3S/c1-2-11-35(12-3-1)51-55-52(57-53(56-51)41-18-10-17-40-39-16-5-7-22-47(39)58-50(40)41)36-27-23-32(24-28-36)37-29-30-44-42(31-37)38-15-4-6-19-43(38)54(44)45-20-8-13-33-25-26-34-14-9-21-46(54)49(34)48(33)45/h1-31H. The summed E-state index contributed by atoms with van der Waals surface area (Å²) >= 11 is 1.79. The summed E-state index contributed by atoms with van der Waals surface area (Å²) in [6.45, 7) is 0. The molecule has 13 rings (SSSR count). The van der Waals surface area contributed by atoms with Gasteiger partial charge in [-0.2, -0.15) is 0 Å². The molecule has 2 heterocycles. The SMILES string of the molecule is c1ccc(-c2nc(-c3ccc(-c4ccc5c(c4)-c4ccccc4C54c5cccc6ccc7cccc4c7c56)cc3)nc(-c3cccc4c3sc3ccccc34)n2)cc1. The number of rotatable bonds is 4. The second-order valence-corrected chi connectivity index (χ2v) is 16.5. The Morgan fingerprint density at radius 3 is 1.67 bits per heavy atom. The van der Waals surface area contributed by atoms with Gasteiger partial charge in [0.1, 0.15) is 0 Å². The van der Waals surface area contributed by atoms with E-state index in [0.717, 1.165) is 22.3 Å². The van der Waals surface area contributed by atoms with Crippen LogP contribution in [0.2, 0.25) is 0 Å². The number of benzene rings is 9. The predicted octanol–water partition coefficient (Wildman–Crippen LogP) is 13.9. The smallest absolute Gasteiger partial charge is 0.165 e. The Hall–Kier alpha value is -7.27. The molecule has 2 aliphatic carbocycles. The van der Waals surface area contributed by atoms with E-state index >= 15 is 0 Å². The Morgan fingerprint density at radius 1 is 0.345 bits per heavy atom. The van der Waals surface area contributed by atoms with Crippen LogP contribution in [0.5, 0.6) is 0 Å². The van der Waals surface area contributed by atoms with Crippen LogP contribution in [0, 0.1) is 0 Å². The van der Waals surface area contributed by atoms with E-state index in [4.69, 9.17) is 15.0 Å². The van der Waals surface area contributed by atoms with Gasteiger partial charge in [0.2, 0.25) is 0 Å². The monoisotopic (exact) mass is 753 g/mol. The summed E-state index contributed by atoms with van der Waals surface area (Å²) in [5.41, 5.74) is 13.0. The van der Waals surface area contributed by atoms with Gasteiger partial charge >= 0.3 is 0 Å². The van der Waals surface area contributed by atoms with E-state index in [0.29, 0.717) is 17.5 Å². The Kier molecular flexibility index (Phi) is 6.53. The van der Waals surface area contributed by atoms with E-state index in [2.05, 4.69) is 170 Å². The van der Waals surface area contributed by atoms with Crippen molar-refractivity contribution in [3.63, 3.8) is 0 Å². The minimum absolute atomic E-state index is 0.357. The van der Waals surface area contributed by atoms with Gasteiger partial charge in [0, 0.05) is 36.9 Å². The molecule has 2 aliphatic rings. The summed E-state index contributed by atoms with van der Waals surface area (Å²) in [6.07, 6.45) is 0. The van der Waals surface area contributed by atoms with Crippen LogP contribution in [-0.2, 0) is 5.41 Å². The molecule has 0 atom stereocenters. The first-order valence-electron chi connectivity index (χ1n) is 19.8. The van der Waals surface area contributed by atoms with Gasteiger partial charge in [0.15, 0.2) is 17.5 Å². The van der Waals surface area contributed by atoms with E-state index < -0.39 is 0 Å². The highest BCUT2D eigenvalue weighted by molar-refractivity contribution is 7.26. The predicted molar refractivity (Wildman–Crippen MR) is 240 cm³/mol. The molecule has 0 bridgehead atoms. The lowest BCUT2D eigenvalue weighted by Crippen LogP contribution is -2.26. The van der Waals surface area contributed by atoms with Gasteiger partial charge in [0.05, 0.1) is 5.41 Å². The first-order valence-corrected chi connectivity index (χ1v) is 20.6. The number of hydrogen-bond acceptors (Lipinski definition) is 4. The molecule has 0 radical (unpaired) electrons. The van der Waals surface area contributed by atoms with Crippen molar-refractivity contribution in [3.8, 4) is 56.4 Å². The van der Waals surface area contributed by atoms with E-state index in [1.807, 2.05) is 18.2 Å². The Morgan fingerprint density at radius 2 is 0.897 bits per heavy atom. The van der Waals surface area contributed by atoms with E-state index in [1.165, 1.54) is 80.7 Å². The summed E-state index contributed by atoms with van der Waals surface area (Å²) in [7, 11) is 0. The summed E-state index contributed by atoms with van der Waals surface area (Å²) in [6, 6.07) is 68.4. The van der Waals surface area contributed by atoms with Crippen molar-refractivity contribution in [1.82, 2.24) is 15.0 Å². The molecule has 0 aliphatic heterocycles. The van der Waals surface area contributed by atoms with Crippen LogP contribution in [0.25, 0.3) is 98.1 Å². The van der Waals surface area contributed by atoms with Gasteiger partial charge in [-0.25, -0.2) is 15.0 Å². The molecule has 58 heavy (non-hydrogen) atoms. The fourth-order valence-corrected chi connectivity index (χ4v) is 11.3. The highest BCUT2D eigenvalue weighted by Gasteiger charge is 2.50. The molecule has 0 unspecified atom stereocenters. The lowest BCUT2D eigenvalue weighted by molar-refractivity contribution is 0.797. The van der Waals surface area contributed by atoms with E-state index in [-0.39, 0.29) is 5.41 Å². The third-order valence-electron chi connectivity index (χ3n) is 12.5. The molecule has 11 aromatic rings. The van der Waals surface area contributed by atoms with Gasteiger partial charge in [-0.3, -0.25) is 0 Å². The highest BCUT2D eigenvalue weighted by Crippen LogP contribution is 2.62. The summed E-state index contributed by atoms with van der Waals surface area (Å²) in [4.78, 5) is 15.3. The molecule has 3 nitrogen and oxygen atoms in total. The molecule has 9 aromatic carbocycles. The van der Waals surface area contributed by atoms with Crippen LogP contribution in [0.4, 0.5) is 0 Å². The van der Waals surface area contributed by atoms with Gasteiger partial charge in [-0.1, -0.05) is 170 Å². The molecule has 2 aromatic heterocycles. The van der Waals surface area contributed by atoms with Crippen LogP contribution in [0.3, 0.4) is 0 Å². The van der Waals surface area contributed by atoms with E-state index in [9.17, 15) is 0 Å². The zero-order chi connectivity index (χ0) is 38.0. The molecule has 0 saturated carbocycles. The second-order valence-electron chi connectivity index (χ2n) is 15.5. The first-order chi connectivity index (χ1) is 28.7. The zero-order valence-corrected chi connectivity index (χ0v) is 32.0. The molecule has 0 N–H and O–H groups in total. The van der Waals surface area contributed by atoms with Crippen molar-refractivity contribution < 1.29 is 0 Å². The highest BCUT2D eigenvalue weighted by atomic mass is 32.1. The van der Waals surface area contributed by atoms with Crippen molar-refractivity contribution in [3.05, 3.63) is 210 Å². The van der Waals surface area contributed by atoms with E-state index in [1.54, 1.807) is 11.3 Å². The minimum atomic E-state index is -0.357. The molecule has 268 valence electrons. The number of fused-ring (bicyclic) bond motifs is 10. The number of aromatic nitrogens is 3. The van der Waals surface area contributed by atoms with Gasteiger partial charge < -0.3 is 0 Å². The third kappa shape index (κ3) is 4.30. The summed E-state index contributed by atoms with van der Waals surface area (Å²) in [5, 5.41) is 7.85. The average molecular weight is 754 g/mol. The van der Waals surface area contributed by atoms with Crippen molar-refractivity contribution in [2.75, 3.05) is 0 Å². The lowest BCUT2D eigenvalue weighted by atomic mass is 9.70. The Balaban J connectivity index is 0.939. The van der Waals surface area contributed by atoms with Crippen LogP contribution >= 0.6 is 11.3 Å². The van der Waals surface area contributed by atoms with Crippen molar-refractivity contribution in [2.45, 2.75) is 5.41 Å². The minimum Gasteiger partial charge on any atom is -0.208 e. The lowest BCUT2D eigenvalue weighted by Gasteiger charge is -2.30. The molecule has 0 fully saturated rings. The maximum atomic E-state index is 5.17. The fourth-order valence-electron chi connectivity index (χ4n) is 10.0. The quantitative estimate of drug-likeness (QED) is 0.168. The average Bonchev–Trinajstić information content (AvgIpc) is 3.93. The fraction of sp³-hybridized carbons (Fsp3) is 0.0185. The van der Waals surface area contributed by atoms with Crippen LogP contribution in [0.1, 0.15) is 22.3 Å². The largest absolute Gasteiger partial charge is 0.208 e. The normalized spacial score (nSPS) is 13.3. The number of nitrogens with zero attached hydrogens (tertiary/aromatic N) is 3. The molecule has 1 spiro atoms. The zero-order valence-electron chi connectivity index (χ0n) is 31.1. The Bertz CT molecular complexity index is 3450. The third-order valence-corrected chi connectivity index (χ3v) is 13.7. The summed E-state index contributed by atoms with van der Waals surface area (Å²) in [5.74, 6) is 1.99. The van der Waals surface area contributed by atoms with Gasteiger partial charge in [-0.15, -0.1) is 11.3 Å². The van der Waals surface area contributed by atoms with Crippen molar-refractivity contribution in [2.24, 2.45) is 0 Å². The molecular formula is C54H31N3S. The maximum absolute atomic E-state index is 5.17. The molecule has 0 amide bonds.